The van der Waals surface area contributed by atoms with Crippen LogP contribution in [0.5, 0.6) is 5.75 Å². The lowest BCUT2D eigenvalue weighted by atomic mass is 9.67. The third kappa shape index (κ3) is 2.37. The van der Waals surface area contributed by atoms with Crippen LogP contribution in [0.1, 0.15) is 31.2 Å². The summed E-state index contributed by atoms with van der Waals surface area (Å²) < 4.78 is 6.33. The third-order valence-corrected chi connectivity index (χ3v) is 6.42. The molecule has 1 aromatic heterocycles. The number of aliphatic imine (C=N–C) groups is 1. The number of fused-ring (bicyclic) bond motifs is 4. The Morgan fingerprint density at radius 1 is 1.21 bits per heavy atom. The fourth-order valence-electron chi connectivity index (χ4n) is 4.84. The van der Waals surface area contributed by atoms with Crippen molar-refractivity contribution < 1.29 is 9.53 Å². The van der Waals surface area contributed by atoms with Gasteiger partial charge in [-0.2, -0.15) is 0 Å². The second-order valence-electron chi connectivity index (χ2n) is 7.75. The van der Waals surface area contributed by atoms with Gasteiger partial charge in [-0.05, 0) is 43.0 Å². The highest BCUT2D eigenvalue weighted by Crippen LogP contribution is 2.53. The first-order valence-electron chi connectivity index (χ1n) is 9.56. The first-order chi connectivity index (χ1) is 13.5. The summed E-state index contributed by atoms with van der Waals surface area (Å²) in [5, 5.41) is 0.562. The summed E-state index contributed by atoms with van der Waals surface area (Å²) in [5.41, 5.74) is 7.68. The number of hydrogen-bond donors (Lipinski definition) is 1. The number of pyridine rings is 1. The summed E-state index contributed by atoms with van der Waals surface area (Å²) in [6.07, 6.45) is 7.32. The average molecular weight is 397 g/mol. The van der Waals surface area contributed by atoms with Gasteiger partial charge in [-0.15, -0.1) is 0 Å². The van der Waals surface area contributed by atoms with Gasteiger partial charge < -0.3 is 10.5 Å². The zero-order valence-corrected chi connectivity index (χ0v) is 16.3. The molecule has 1 spiro atoms. The molecule has 1 aliphatic carbocycles. The van der Waals surface area contributed by atoms with E-state index in [4.69, 9.17) is 27.1 Å². The van der Waals surface area contributed by atoms with Crippen molar-refractivity contribution in [1.82, 2.24) is 9.88 Å². The first kappa shape index (κ1) is 17.5. The zero-order valence-electron chi connectivity index (χ0n) is 15.6. The van der Waals surface area contributed by atoms with E-state index in [2.05, 4.69) is 4.98 Å². The van der Waals surface area contributed by atoms with Gasteiger partial charge in [-0.25, -0.2) is 4.99 Å². The highest BCUT2D eigenvalue weighted by atomic mass is 35.5. The quantitative estimate of drug-likeness (QED) is 0.801. The van der Waals surface area contributed by atoms with Crippen LogP contribution >= 0.6 is 11.6 Å². The Morgan fingerprint density at radius 3 is 2.79 bits per heavy atom. The first-order valence-corrected chi connectivity index (χ1v) is 9.94. The van der Waals surface area contributed by atoms with Gasteiger partial charge in [-0.3, -0.25) is 14.7 Å². The predicted molar refractivity (Wildman–Crippen MR) is 107 cm³/mol. The Balaban J connectivity index is 1.73. The van der Waals surface area contributed by atoms with Crippen molar-refractivity contribution in [2.24, 2.45) is 16.6 Å². The fraction of sp³-hybridized carbons (Fsp3) is 0.381. The minimum Gasteiger partial charge on any atom is -0.490 e. The Morgan fingerprint density at radius 2 is 2.04 bits per heavy atom. The molecule has 1 aromatic carbocycles. The smallest absolute Gasteiger partial charge is 0.262 e. The number of guanidine groups is 1. The molecule has 3 heterocycles. The topological polar surface area (TPSA) is 80.8 Å². The van der Waals surface area contributed by atoms with E-state index in [9.17, 15) is 4.79 Å². The lowest BCUT2D eigenvalue weighted by Crippen LogP contribution is -2.53. The van der Waals surface area contributed by atoms with Crippen molar-refractivity contribution in [2.75, 3.05) is 7.05 Å². The number of ether oxygens (including phenoxy) is 1. The van der Waals surface area contributed by atoms with E-state index in [0.717, 1.165) is 42.4 Å². The molecule has 2 aliphatic heterocycles. The summed E-state index contributed by atoms with van der Waals surface area (Å²) >= 11 is 6.12. The van der Waals surface area contributed by atoms with Gasteiger partial charge >= 0.3 is 0 Å². The van der Waals surface area contributed by atoms with Gasteiger partial charge in [0.1, 0.15) is 11.9 Å². The SMILES string of the molecule is CN1C(=O)C2(N=C1N)c1cc(-c3cncc(Cl)c3)ccc1OC1CCCCC12. The molecule has 7 heteroatoms. The van der Waals surface area contributed by atoms with E-state index in [-0.39, 0.29) is 23.9 Å². The molecule has 3 aliphatic rings. The molecule has 28 heavy (non-hydrogen) atoms. The van der Waals surface area contributed by atoms with Crippen LogP contribution in [-0.2, 0) is 10.3 Å². The van der Waals surface area contributed by atoms with Gasteiger partial charge in [0.2, 0.25) is 0 Å². The molecule has 1 amide bonds. The fourth-order valence-corrected chi connectivity index (χ4v) is 5.01. The average Bonchev–Trinajstić information content (AvgIpc) is 2.93. The molecular formula is C21H21ClN4O2. The maximum Gasteiger partial charge on any atom is 0.262 e. The summed E-state index contributed by atoms with van der Waals surface area (Å²) in [5.74, 6) is 0.879. The summed E-state index contributed by atoms with van der Waals surface area (Å²) in [6, 6.07) is 7.74. The highest BCUT2D eigenvalue weighted by molar-refractivity contribution is 6.30. The van der Waals surface area contributed by atoms with Crippen LogP contribution in [0.25, 0.3) is 11.1 Å². The molecule has 5 rings (SSSR count). The Kier molecular flexibility index (Phi) is 3.88. The van der Waals surface area contributed by atoms with Crippen LogP contribution in [0.2, 0.25) is 5.02 Å². The number of carbonyl (C=O) groups excluding carboxylic acids is 1. The highest BCUT2D eigenvalue weighted by Gasteiger charge is 2.60. The van der Waals surface area contributed by atoms with E-state index in [1.54, 1.807) is 19.4 Å². The maximum atomic E-state index is 13.5. The zero-order chi connectivity index (χ0) is 19.5. The molecule has 3 atom stereocenters. The van der Waals surface area contributed by atoms with Gasteiger partial charge in [0.25, 0.3) is 5.91 Å². The van der Waals surface area contributed by atoms with E-state index in [1.165, 1.54) is 4.90 Å². The number of rotatable bonds is 1. The van der Waals surface area contributed by atoms with Crippen molar-refractivity contribution in [3.8, 4) is 16.9 Å². The Hall–Kier alpha value is -2.60. The second-order valence-corrected chi connectivity index (χ2v) is 8.19. The predicted octanol–water partition coefficient (Wildman–Crippen LogP) is 3.34. The molecule has 0 saturated heterocycles. The van der Waals surface area contributed by atoms with Gasteiger partial charge in [-0.1, -0.05) is 24.1 Å². The molecule has 6 nitrogen and oxygen atoms in total. The monoisotopic (exact) mass is 396 g/mol. The minimum atomic E-state index is -1.01. The lowest BCUT2D eigenvalue weighted by Gasteiger charge is -2.46. The van der Waals surface area contributed by atoms with Crippen LogP contribution in [0.15, 0.2) is 41.7 Å². The number of nitrogens with zero attached hydrogens (tertiary/aromatic N) is 3. The molecule has 1 fully saturated rings. The van der Waals surface area contributed by atoms with E-state index >= 15 is 0 Å². The standard InChI is InChI=1S/C21H21ClN4O2/c1-26-19(27)21(25-20(26)23)15-4-2-3-5-17(15)28-18-7-6-12(9-16(18)21)13-8-14(22)11-24-10-13/h6-11,15,17H,2-5H2,1H3,(H2,23,25). The number of likely N-dealkylation sites (N-methyl/N-ethyl adjacent to an activating group) is 1. The van der Waals surface area contributed by atoms with Gasteiger partial charge in [0.15, 0.2) is 11.5 Å². The normalized spacial score (nSPS) is 28.6. The number of hydrogen-bond acceptors (Lipinski definition) is 5. The second kappa shape index (κ2) is 6.21. The third-order valence-electron chi connectivity index (χ3n) is 6.21. The molecule has 2 N–H and O–H groups in total. The Bertz CT molecular complexity index is 1010. The largest absolute Gasteiger partial charge is 0.490 e. The maximum absolute atomic E-state index is 13.5. The van der Waals surface area contributed by atoms with Crippen molar-refractivity contribution >= 4 is 23.5 Å². The summed E-state index contributed by atoms with van der Waals surface area (Å²) in [7, 11) is 1.69. The van der Waals surface area contributed by atoms with E-state index < -0.39 is 5.54 Å². The summed E-state index contributed by atoms with van der Waals surface area (Å²) in [4.78, 5) is 23.9. The molecule has 3 unspecified atom stereocenters. The van der Waals surface area contributed by atoms with Crippen molar-refractivity contribution in [3.05, 3.63) is 47.2 Å². The summed E-state index contributed by atoms with van der Waals surface area (Å²) in [6.45, 7) is 0. The minimum absolute atomic E-state index is 0.0162. The van der Waals surface area contributed by atoms with Crippen LogP contribution in [-0.4, -0.2) is 34.9 Å². The number of amides is 1. The number of aromatic nitrogens is 1. The molecule has 2 aromatic rings. The number of nitrogens with two attached hydrogens (primary N) is 1. The number of carbonyl (C=O) groups is 1. The molecular weight excluding hydrogens is 376 g/mol. The van der Waals surface area contributed by atoms with Gasteiger partial charge in [0.05, 0.1) is 5.02 Å². The lowest BCUT2D eigenvalue weighted by molar-refractivity contribution is -0.136. The van der Waals surface area contributed by atoms with Crippen molar-refractivity contribution in [3.63, 3.8) is 0 Å². The molecule has 144 valence electrons. The van der Waals surface area contributed by atoms with Crippen LogP contribution in [0, 0.1) is 5.92 Å². The van der Waals surface area contributed by atoms with Crippen LogP contribution in [0.4, 0.5) is 0 Å². The molecule has 0 radical (unpaired) electrons. The van der Waals surface area contributed by atoms with Crippen LogP contribution in [0.3, 0.4) is 0 Å². The molecule has 1 saturated carbocycles. The van der Waals surface area contributed by atoms with E-state index in [0.29, 0.717) is 10.8 Å². The molecule has 0 bridgehead atoms. The van der Waals surface area contributed by atoms with E-state index in [1.807, 2.05) is 24.3 Å². The number of halogens is 1. The van der Waals surface area contributed by atoms with Crippen LogP contribution < -0.4 is 10.5 Å². The Labute approximate surface area is 168 Å². The number of benzene rings is 1. The van der Waals surface area contributed by atoms with Gasteiger partial charge in [0, 0.05) is 36.5 Å². The van der Waals surface area contributed by atoms with Crippen molar-refractivity contribution in [2.45, 2.75) is 37.3 Å². The van der Waals surface area contributed by atoms with Crippen molar-refractivity contribution in [1.29, 1.82) is 0 Å².